The van der Waals surface area contributed by atoms with Gasteiger partial charge < -0.3 is 15.1 Å². The molecule has 1 saturated heterocycles. The summed E-state index contributed by atoms with van der Waals surface area (Å²) < 4.78 is 0. The normalized spacial score (nSPS) is 16.6. The van der Waals surface area contributed by atoms with Crippen LogP contribution >= 0.6 is 11.6 Å². The summed E-state index contributed by atoms with van der Waals surface area (Å²) in [5, 5.41) is 20.1. The molecule has 2 N–H and O–H groups in total. The number of amides is 1. The Hall–Kier alpha value is -2.08. The van der Waals surface area contributed by atoms with Gasteiger partial charge in [0.2, 0.25) is 0 Å². The molecule has 6 heteroatoms. The van der Waals surface area contributed by atoms with Crippen LogP contribution in [0.15, 0.2) is 48.5 Å². The first kappa shape index (κ1) is 17.7. The monoisotopic (exact) mass is 360 g/mol. The van der Waals surface area contributed by atoms with Gasteiger partial charge in [0, 0.05) is 37.7 Å². The molecule has 0 aromatic heterocycles. The van der Waals surface area contributed by atoms with Gasteiger partial charge in [-0.25, -0.2) is 4.79 Å². The molecule has 0 spiro atoms. The fraction of sp³-hybridized carbons (Fsp3) is 0.316. The number of piperazine rings is 1. The zero-order valence-electron chi connectivity index (χ0n) is 13.8. The maximum Gasteiger partial charge on any atom is 0.407 e. The molecule has 0 radical (unpaired) electrons. The van der Waals surface area contributed by atoms with Gasteiger partial charge in [-0.2, -0.15) is 0 Å². The summed E-state index contributed by atoms with van der Waals surface area (Å²) in [5.74, 6) is 0. The number of aliphatic hydroxyl groups excluding tert-OH is 1. The number of carboxylic acid groups (broad SMARTS) is 1. The predicted octanol–water partition coefficient (Wildman–Crippen LogP) is 3.22. The molecule has 1 aliphatic rings. The van der Waals surface area contributed by atoms with Crippen LogP contribution in [-0.2, 0) is 6.54 Å². The van der Waals surface area contributed by atoms with E-state index < -0.39 is 12.2 Å². The molecule has 1 amide bonds. The summed E-state index contributed by atoms with van der Waals surface area (Å²) in [7, 11) is 0. The molecule has 2 aromatic rings. The van der Waals surface area contributed by atoms with Crippen molar-refractivity contribution >= 4 is 17.7 Å². The third kappa shape index (κ3) is 4.51. The van der Waals surface area contributed by atoms with Crippen molar-refractivity contribution in [2.24, 2.45) is 0 Å². The molecule has 132 valence electrons. The number of nitrogens with zero attached hydrogens (tertiary/aromatic N) is 2. The van der Waals surface area contributed by atoms with E-state index in [1.807, 2.05) is 36.4 Å². The second-order valence-electron chi connectivity index (χ2n) is 6.24. The van der Waals surface area contributed by atoms with Crippen molar-refractivity contribution in [3.8, 4) is 0 Å². The van der Waals surface area contributed by atoms with E-state index in [9.17, 15) is 9.90 Å². The lowest BCUT2D eigenvalue weighted by Crippen LogP contribution is -2.47. The first-order valence-corrected chi connectivity index (χ1v) is 8.63. The summed E-state index contributed by atoms with van der Waals surface area (Å²) in [4.78, 5) is 14.6. The lowest BCUT2D eigenvalue weighted by atomic mass is 10.0. The number of halogens is 1. The fourth-order valence-electron chi connectivity index (χ4n) is 3.03. The quantitative estimate of drug-likeness (QED) is 0.878. The number of hydrogen-bond acceptors (Lipinski definition) is 3. The molecule has 25 heavy (non-hydrogen) atoms. The first-order chi connectivity index (χ1) is 12.0. The lowest BCUT2D eigenvalue weighted by molar-refractivity contribution is 0.103. The van der Waals surface area contributed by atoms with Gasteiger partial charge in [0.1, 0.15) is 6.10 Å². The average molecular weight is 361 g/mol. The first-order valence-electron chi connectivity index (χ1n) is 8.25. The van der Waals surface area contributed by atoms with Crippen molar-refractivity contribution in [1.29, 1.82) is 0 Å². The highest BCUT2D eigenvalue weighted by molar-refractivity contribution is 6.30. The molecule has 1 aliphatic heterocycles. The van der Waals surface area contributed by atoms with Crippen LogP contribution < -0.4 is 0 Å². The van der Waals surface area contributed by atoms with Gasteiger partial charge in [-0.3, -0.25) is 4.90 Å². The van der Waals surface area contributed by atoms with E-state index in [2.05, 4.69) is 4.90 Å². The molecular formula is C19H21ClN2O3. The Bertz CT molecular complexity index is 728. The molecule has 0 aliphatic carbocycles. The van der Waals surface area contributed by atoms with Crippen molar-refractivity contribution in [2.75, 3.05) is 26.2 Å². The largest absolute Gasteiger partial charge is 0.465 e. The minimum absolute atomic E-state index is 0.543. The molecule has 0 saturated carbocycles. The van der Waals surface area contributed by atoms with E-state index in [1.54, 1.807) is 12.1 Å². The van der Waals surface area contributed by atoms with Crippen LogP contribution in [0.4, 0.5) is 4.79 Å². The minimum Gasteiger partial charge on any atom is -0.465 e. The minimum atomic E-state index is -0.848. The molecule has 3 rings (SSSR count). The van der Waals surface area contributed by atoms with Gasteiger partial charge >= 0.3 is 6.09 Å². The van der Waals surface area contributed by atoms with Crippen molar-refractivity contribution < 1.29 is 15.0 Å². The second kappa shape index (κ2) is 7.87. The number of aliphatic hydroxyl groups is 1. The molecule has 2 aromatic carbocycles. The Labute approximate surface area is 152 Å². The van der Waals surface area contributed by atoms with Crippen LogP contribution in [0.3, 0.4) is 0 Å². The third-order valence-corrected chi connectivity index (χ3v) is 4.74. The summed E-state index contributed by atoms with van der Waals surface area (Å²) in [6.07, 6.45) is -1.55. The maximum absolute atomic E-state index is 10.9. The van der Waals surface area contributed by atoms with E-state index >= 15 is 0 Å². The zero-order valence-corrected chi connectivity index (χ0v) is 14.6. The number of hydrogen-bond donors (Lipinski definition) is 2. The predicted molar refractivity (Wildman–Crippen MR) is 96.8 cm³/mol. The Morgan fingerprint density at radius 2 is 1.72 bits per heavy atom. The number of benzene rings is 2. The van der Waals surface area contributed by atoms with E-state index in [-0.39, 0.29) is 0 Å². The number of carbonyl (C=O) groups is 1. The highest BCUT2D eigenvalue weighted by atomic mass is 35.5. The van der Waals surface area contributed by atoms with Crippen molar-refractivity contribution in [3.05, 3.63) is 70.2 Å². The van der Waals surface area contributed by atoms with Gasteiger partial charge in [-0.1, -0.05) is 48.0 Å². The van der Waals surface area contributed by atoms with Crippen LogP contribution in [0.25, 0.3) is 0 Å². The van der Waals surface area contributed by atoms with E-state index in [0.717, 1.165) is 36.3 Å². The molecule has 1 heterocycles. The Balaban J connectivity index is 1.60. The second-order valence-corrected chi connectivity index (χ2v) is 6.68. The Morgan fingerprint density at radius 3 is 2.32 bits per heavy atom. The summed E-state index contributed by atoms with van der Waals surface area (Å²) >= 11 is 5.98. The smallest absolute Gasteiger partial charge is 0.407 e. The summed E-state index contributed by atoms with van der Waals surface area (Å²) in [6, 6.07) is 15.1. The SMILES string of the molecule is O=C(O)N1CCN(Cc2ccc(C(O)c3cccc(Cl)c3)cc2)CC1. The van der Waals surface area contributed by atoms with Gasteiger partial charge in [-0.15, -0.1) is 0 Å². The molecular weight excluding hydrogens is 340 g/mol. The zero-order chi connectivity index (χ0) is 17.8. The van der Waals surface area contributed by atoms with E-state index in [4.69, 9.17) is 16.7 Å². The Kier molecular flexibility index (Phi) is 5.58. The third-order valence-electron chi connectivity index (χ3n) is 4.51. The molecule has 1 unspecified atom stereocenters. The van der Waals surface area contributed by atoms with Crippen LogP contribution in [0.5, 0.6) is 0 Å². The van der Waals surface area contributed by atoms with E-state index in [0.29, 0.717) is 18.1 Å². The molecule has 1 fully saturated rings. The van der Waals surface area contributed by atoms with Gasteiger partial charge in [0.05, 0.1) is 0 Å². The topological polar surface area (TPSA) is 64.0 Å². The van der Waals surface area contributed by atoms with Crippen LogP contribution in [-0.4, -0.2) is 52.3 Å². The van der Waals surface area contributed by atoms with E-state index in [1.165, 1.54) is 4.90 Å². The van der Waals surface area contributed by atoms with Crippen molar-refractivity contribution in [2.45, 2.75) is 12.6 Å². The molecule has 5 nitrogen and oxygen atoms in total. The fourth-order valence-corrected chi connectivity index (χ4v) is 3.23. The number of rotatable bonds is 4. The van der Waals surface area contributed by atoms with Crippen LogP contribution in [0, 0.1) is 0 Å². The summed E-state index contributed by atoms with van der Waals surface area (Å²) in [5.41, 5.74) is 2.73. The van der Waals surface area contributed by atoms with Crippen molar-refractivity contribution in [1.82, 2.24) is 9.80 Å². The average Bonchev–Trinajstić information content (AvgIpc) is 2.62. The molecule has 0 bridgehead atoms. The molecule has 1 atom stereocenters. The Morgan fingerprint density at radius 1 is 1.04 bits per heavy atom. The van der Waals surface area contributed by atoms with Crippen LogP contribution in [0.1, 0.15) is 22.8 Å². The summed E-state index contributed by atoms with van der Waals surface area (Å²) in [6.45, 7) is 3.33. The highest BCUT2D eigenvalue weighted by Gasteiger charge is 2.20. The van der Waals surface area contributed by atoms with Gasteiger partial charge in [-0.05, 0) is 28.8 Å². The van der Waals surface area contributed by atoms with Gasteiger partial charge in [0.25, 0.3) is 0 Å². The van der Waals surface area contributed by atoms with Crippen molar-refractivity contribution in [3.63, 3.8) is 0 Å². The standard InChI is InChI=1S/C19H21ClN2O3/c20-17-3-1-2-16(12-17)18(23)15-6-4-14(5-7-15)13-21-8-10-22(11-9-21)19(24)25/h1-7,12,18,23H,8-11,13H2,(H,24,25). The maximum atomic E-state index is 10.9. The van der Waals surface area contributed by atoms with Gasteiger partial charge in [0.15, 0.2) is 0 Å². The van der Waals surface area contributed by atoms with Crippen LogP contribution in [0.2, 0.25) is 5.02 Å². The highest BCUT2D eigenvalue weighted by Crippen LogP contribution is 2.24. The lowest BCUT2D eigenvalue weighted by Gasteiger charge is -2.33.